The fourth-order valence-corrected chi connectivity index (χ4v) is 1.99. The number of carbonyl (C=O) groups excluding carboxylic acids is 1. The number of amides is 2. The molecule has 0 unspecified atom stereocenters. The van der Waals surface area contributed by atoms with Crippen LogP contribution in [0.15, 0.2) is 24.3 Å². The Morgan fingerprint density at radius 3 is 2.12 bits per heavy atom. The van der Waals surface area contributed by atoms with E-state index in [1.807, 2.05) is 5.32 Å². The summed E-state index contributed by atoms with van der Waals surface area (Å²) >= 11 is 0.123. The van der Waals surface area contributed by atoms with Crippen LogP contribution in [0.1, 0.15) is 5.01 Å². The largest absolute Gasteiger partial charge is 0.573 e. The third-order valence-corrected chi connectivity index (χ3v) is 3.12. The van der Waals surface area contributed by atoms with Crippen molar-refractivity contribution in [3.8, 4) is 5.75 Å². The van der Waals surface area contributed by atoms with E-state index in [1.165, 1.54) is 0 Å². The maximum atomic E-state index is 12.3. The first-order valence-corrected chi connectivity index (χ1v) is 6.69. The molecule has 130 valence electrons. The van der Waals surface area contributed by atoms with Crippen LogP contribution in [0.5, 0.6) is 5.75 Å². The Balaban J connectivity index is 1.94. The summed E-state index contributed by atoms with van der Waals surface area (Å²) in [6.45, 7) is 0. The number of anilines is 2. The summed E-state index contributed by atoms with van der Waals surface area (Å²) in [5, 5.41) is 8.62. The molecule has 2 amide bonds. The number of nitrogens with zero attached hydrogens (tertiary/aromatic N) is 2. The summed E-state index contributed by atoms with van der Waals surface area (Å²) < 4.78 is 76.6. The molecule has 0 bridgehead atoms. The molecule has 0 aliphatic carbocycles. The van der Waals surface area contributed by atoms with Gasteiger partial charge in [0.25, 0.3) is 0 Å². The van der Waals surface area contributed by atoms with Crippen molar-refractivity contribution in [2.24, 2.45) is 0 Å². The number of benzene rings is 1. The van der Waals surface area contributed by atoms with Crippen molar-refractivity contribution in [3.63, 3.8) is 0 Å². The first kappa shape index (κ1) is 17.8. The number of aromatic nitrogens is 2. The van der Waals surface area contributed by atoms with Crippen molar-refractivity contribution in [2.45, 2.75) is 12.5 Å². The second-order valence-electron chi connectivity index (χ2n) is 4.06. The Bertz CT molecular complexity index is 713. The van der Waals surface area contributed by atoms with Gasteiger partial charge in [0, 0.05) is 5.69 Å². The highest BCUT2D eigenvalue weighted by Gasteiger charge is 2.35. The van der Waals surface area contributed by atoms with Gasteiger partial charge < -0.3 is 10.1 Å². The zero-order valence-corrected chi connectivity index (χ0v) is 12.0. The first-order chi connectivity index (χ1) is 11.0. The van der Waals surface area contributed by atoms with Gasteiger partial charge in [0.15, 0.2) is 0 Å². The lowest BCUT2D eigenvalue weighted by molar-refractivity contribution is -0.274. The zero-order chi connectivity index (χ0) is 18.0. The van der Waals surface area contributed by atoms with Gasteiger partial charge in [-0.15, -0.1) is 23.4 Å². The molecule has 0 saturated carbocycles. The molecular formula is C11H6F6N4O2S. The number of hydrogen-bond donors (Lipinski definition) is 2. The molecule has 1 heterocycles. The summed E-state index contributed by atoms with van der Waals surface area (Å²) in [6.07, 6.45) is -9.53. The first-order valence-electron chi connectivity index (χ1n) is 5.87. The minimum absolute atomic E-state index is 0.0857. The SMILES string of the molecule is O=C(Nc1ccc(OC(F)(F)F)cc1)Nc1nnc(C(F)(F)F)s1. The molecular weight excluding hydrogens is 366 g/mol. The maximum absolute atomic E-state index is 12.3. The summed E-state index contributed by atoms with van der Waals surface area (Å²) in [7, 11) is 0. The molecule has 0 radical (unpaired) electrons. The van der Waals surface area contributed by atoms with Crippen LogP contribution in [0.4, 0.5) is 42.0 Å². The van der Waals surface area contributed by atoms with E-state index in [-0.39, 0.29) is 17.0 Å². The van der Waals surface area contributed by atoms with Crippen LogP contribution in [0, 0.1) is 0 Å². The molecule has 0 spiro atoms. The molecule has 0 atom stereocenters. The Hall–Kier alpha value is -2.57. The fraction of sp³-hybridized carbons (Fsp3) is 0.182. The molecule has 2 aromatic rings. The lowest BCUT2D eigenvalue weighted by Gasteiger charge is -2.09. The van der Waals surface area contributed by atoms with Crippen LogP contribution in [0.2, 0.25) is 0 Å². The Morgan fingerprint density at radius 1 is 1.00 bits per heavy atom. The molecule has 24 heavy (non-hydrogen) atoms. The van der Waals surface area contributed by atoms with Crippen molar-refractivity contribution >= 4 is 28.2 Å². The third kappa shape index (κ3) is 5.26. The molecule has 2 rings (SSSR count). The van der Waals surface area contributed by atoms with Gasteiger partial charge in [-0.2, -0.15) is 13.2 Å². The van der Waals surface area contributed by atoms with E-state index in [4.69, 9.17) is 0 Å². The molecule has 1 aromatic heterocycles. The van der Waals surface area contributed by atoms with Crippen molar-refractivity contribution < 1.29 is 35.9 Å². The number of urea groups is 1. The van der Waals surface area contributed by atoms with Gasteiger partial charge in [0.2, 0.25) is 10.1 Å². The Labute approximate surface area is 133 Å². The average Bonchev–Trinajstić information content (AvgIpc) is 2.87. The lowest BCUT2D eigenvalue weighted by Crippen LogP contribution is -2.19. The van der Waals surface area contributed by atoms with E-state index in [9.17, 15) is 31.1 Å². The number of alkyl halides is 6. The monoisotopic (exact) mass is 372 g/mol. The van der Waals surface area contributed by atoms with Crippen molar-refractivity contribution in [1.82, 2.24) is 10.2 Å². The van der Waals surface area contributed by atoms with Gasteiger partial charge in [0.05, 0.1) is 0 Å². The molecule has 2 N–H and O–H groups in total. The molecule has 13 heteroatoms. The van der Waals surface area contributed by atoms with Gasteiger partial charge in [-0.1, -0.05) is 11.3 Å². The van der Waals surface area contributed by atoms with E-state index in [0.29, 0.717) is 0 Å². The lowest BCUT2D eigenvalue weighted by atomic mass is 10.3. The van der Waals surface area contributed by atoms with Crippen molar-refractivity contribution in [1.29, 1.82) is 0 Å². The van der Waals surface area contributed by atoms with Crippen LogP contribution in [0.3, 0.4) is 0 Å². The zero-order valence-electron chi connectivity index (χ0n) is 11.2. The van der Waals surface area contributed by atoms with Crippen molar-refractivity contribution in [3.05, 3.63) is 29.3 Å². The Kier molecular flexibility index (Phi) is 4.82. The third-order valence-electron chi connectivity index (χ3n) is 2.23. The number of hydrogen-bond acceptors (Lipinski definition) is 5. The number of halogens is 6. The normalized spacial score (nSPS) is 11.9. The number of nitrogens with one attached hydrogen (secondary N) is 2. The van der Waals surface area contributed by atoms with E-state index >= 15 is 0 Å². The molecule has 1 aromatic carbocycles. The standard InChI is InChI=1S/C11H6F6N4O2S/c12-10(13,14)7-20-21-9(24-7)19-8(22)18-5-1-3-6(4-2-5)23-11(15,16)17/h1-4H,(H2,18,19,21,22). The molecule has 0 saturated heterocycles. The smallest absolute Gasteiger partial charge is 0.406 e. The van der Waals surface area contributed by atoms with Crippen LogP contribution in [-0.2, 0) is 6.18 Å². The van der Waals surface area contributed by atoms with Crippen molar-refractivity contribution in [2.75, 3.05) is 10.6 Å². The second kappa shape index (κ2) is 6.51. The molecule has 0 fully saturated rings. The van der Waals surface area contributed by atoms with Crippen LogP contribution >= 0.6 is 11.3 Å². The summed E-state index contributed by atoms with van der Waals surface area (Å²) in [4.78, 5) is 11.6. The second-order valence-corrected chi connectivity index (χ2v) is 5.04. The average molecular weight is 372 g/mol. The van der Waals surface area contributed by atoms with E-state index < -0.39 is 34.5 Å². The maximum Gasteiger partial charge on any atom is 0.573 e. The predicted octanol–water partition coefficient (Wildman–Crippen LogP) is 4.10. The topological polar surface area (TPSA) is 76.1 Å². The minimum atomic E-state index is -4.85. The number of carbonyl (C=O) groups is 1. The van der Waals surface area contributed by atoms with Crippen LogP contribution < -0.4 is 15.4 Å². The highest BCUT2D eigenvalue weighted by atomic mass is 32.1. The van der Waals surface area contributed by atoms with Crippen LogP contribution in [-0.4, -0.2) is 22.6 Å². The minimum Gasteiger partial charge on any atom is -0.406 e. The predicted molar refractivity (Wildman–Crippen MR) is 70.7 cm³/mol. The summed E-state index contributed by atoms with van der Waals surface area (Å²) in [5.74, 6) is -0.493. The fourth-order valence-electron chi connectivity index (χ4n) is 1.39. The summed E-state index contributed by atoms with van der Waals surface area (Å²) in [6, 6.07) is 3.19. The van der Waals surface area contributed by atoms with E-state index in [0.717, 1.165) is 24.3 Å². The van der Waals surface area contributed by atoms with Gasteiger partial charge in [-0.25, -0.2) is 4.79 Å². The van der Waals surface area contributed by atoms with Crippen LogP contribution in [0.25, 0.3) is 0 Å². The Morgan fingerprint density at radius 2 is 1.62 bits per heavy atom. The van der Waals surface area contributed by atoms with E-state index in [1.54, 1.807) is 0 Å². The number of rotatable bonds is 3. The molecule has 0 aliphatic heterocycles. The highest BCUT2D eigenvalue weighted by molar-refractivity contribution is 7.15. The van der Waals surface area contributed by atoms with Gasteiger partial charge in [0.1, 0.15) is 5.75 Å². The molecule has 6 nitrogen and oxygen atoms in total. The van der Waals surface area contributed by atoms with Gasteiger partial charge >= 0.3 is 18.6 Å². The quantitative estimate of drug-likeness (QED) is 0.796. The van der Waals surface area contributed by atoms with Gasteiger partial charge in [-0.05, 0) is 24.3 Å². The highest BCUT2D eigenvalue weighted by Crippen LogP contribution is 2.33. The molecule has 0 aliphatic rings. The number of ether oxygens (including phenoxy) is 1. The van der Waals surface area contributed by atoms with Gasteiger partial charge in [-0.3, -0.25) is 5.32 Å². The van der Waals surface area contributed by atoms with E-state index in [2.05, 4.69) is 20.3 Å². The summed E-state index contributed by atoms with van der Waals surface area (Å²) in [5.41, 5.74) is 0.0857.